The molecule has 0 aliphatic carbocycles. The first-order chi connectivity index (χ1) is 6.56. The van der Waals surface area contributed by atoms with Crippen molar-refractivity contribution < 1.29 is 9.18 Å². The number of nitrogens with zero attached hydrogens (tertiary/aromatic N) is 1. The smallest absolute Gasteiger partial charge is 0.153 e. The number of rotatable bonds is 3. The van der Waals surface area contributed by atoms with Gasteiger partial charge in [0.1, 0.15) is 5.82 Å². The van der Waals surface area contributed by atoms with Gasteiger partial charge in [-0.15, -0.1) is 0 Å². The maximum Gasteiger partial charge on any atom is 0.153 e. The molecular formula is C11H14FNO. The molecule has 14 heavy (non-hydrogen) atoms. The molecule has 0 saturated heterocycles. The molecule has 0 bridgehead atoms. The van der Waals surface area contributed by atoms with Crippen molar-refractivity contribution in [3.8, 4) is 0 Å². The molecule has 0 aliphatic heterocycles. The Morgan fingerprint density at radius 2 is 2.07 bits per heavy atom. The predicted molar refractivity (Wildman–Crippen MR) is 53.9 cm³/mol. The first-order valence-corrected chi connectivity index (χ1v) is 4.47. The van der Waals surface area contributed by atoms with Crippen LogP contribution < -0.4 is 0 Å². The average molecular weight is 195 g/mol. The van der Waals surface area contributed by atoms with E-state index < -0.39 is 5.82 Å². The SMILES string of the molecule is CC(c1ccc(F)c(C=O)c1)N(C)C. The fraction of sp³-hybridized carbons (Fsp3) is 0.364. The Morgan fingerprint density at radius 3 is 2.57 bits per heavy atom. The zero-order valence-corrected chi connectivity index (χ0v) is 8.62. The number of halogens is 1. The van der Waals surface area contributed by atoms with E-state index in [1.54, 1.807) is 12.1 Å². The van der Waals surface area contributed by atoms with Crippen LogP contribution in [0.4, 0.5) is 4.39 Å². The van der Waals surface area contributed by atoms with E-state index in [1.807, 2.05) is 25.9 Å². The lowest BCUT2D eigenvalue weighted by Crippen LogP contribution is -2.16. The Bertz CT molecular complexity index is 336. The highest BCUT2D eigenvalue weighted by atomic mass is 19.1. The van der Waals surface area contributed by atoms with Gasteiger partial charge in [-0.05, 0) is 38.7 Å². The maximum absolute atomic E-state index is 13.0. The molecule has 0 spiro atoms. The predicted octanol–water partition coefficient (Wildman–Crippen LogP) is 2.26. The molecule has 0 amide bonds. The number of hydrogen-bond acceptors (Lipinski definition) is 2. The molecule has 0 radical (unpaired) electrons. The normalized spacial score (nSPS) is 12.9. The standard InChI is InChI=1S/C11H14FNO/c1-8(13(2)3)9-4-5-11(12)10(6-9)7-14/h4-8H,1-3H3. The number of benzene rings is 1. The number of hydrogen-bond donors (Lipinski definition) is 0. The van der Waals surface area contributed by atoms with Gasteiger partial charge in [-0.1, -0.05) is 6.07 Å². The van der Waals surface area contributed by atoms with E-state index in [0.717, 1.165) is 5.56 Å². The summed E-state index contributed by atoms with van der Waals surface area (Å²) in [6.07, 6.45) is 0.543. The second-order valence-corrected chi connectivity index (χ2v) is 3.54. The van der Waals surface area contributed by atoms with Crippen LogP contribution in [0.2, 0.25) is 0 Å². The molecule has 0 saturated carbocycles. The van der Waals surface area contributed by atoms with E-state index >= 15 is 0 Å². The molecular weight excluding hydrogens is 181 g/mol. The molecule has 1 rings (SSSR count). The zero-order chi connectivity index (χ0) is 10.7. The molecule has 1 atom stereocenters. The Labute approximate surface area is 83.3 Å². The van der Waals surface area contributed by atoms with E-state index in [0.29, 0.717) is 6.29 Å². The van der Waals surface area contributed by atoms with Crippen molar-refractivity contribution in [3.63, 3.8) is 0 Å². The highest BCUT2D eigenvalue weighted by Gasteiger charge is 2.10. The molecule has 0 aliphatic rings. The lowest BCUT2D eigenvalue weighted by Gasteiger charge is -2.20. The van der Waals surface area contributed by atoms with E-state index in [2.05, 4.69) is 0 Å². The Hall–Kier alpha value is -1.22. The lowest BCUT2D eigenvalue weighted by atomic mass is 10.0. The summed E-state index contributed by atoms with van der Waals surface area (Å²) in [5.41, 5.74) is 1.06. The topological polar surface area (TPSA) is 20.3 Å². The van der Waals surface area contributed by atoms with E-state index in [1.165, 1.54) is 6.07 Å². The molecule has 0 fully saturated rings. The zero-order valence-electron chi connectivity index (χ0n) is 8.62. The first-order valence-electron chi connectivity index (χ1n) is 4.47. The van der Waals surface area contributed by atoms with E-state index in [9.17, 15) is 9.18 Å². The number of aldehydes is 1. The molecule has 0 N–H and O–H groups in total. The fourth-order valence-corrected chi connectivity index (χ4v) is 1.21. The van der Waals surface area contributed by atoms with Crippen LogP contribution in [-0.2, 0) is 0 Å². The van der Waals surface area contributed by atoms with Crippen molar-refractivity contribution in [1.82, 2.24) is 4.90 Å². The summed E-state index contributed by atoms with van der Waals surface area (Å²) >= 11 is 0. The van der Waals surface area contributed by atoms with Gasteiger partial charge in [0.15, 0.2) is 6.29 Å². The van der Waals surface area contributed by atoms with Crippen molar-refractivity contribution >= 4 is 6.29 Å². The summed E-state index contributed by atoms with van der Waals surface area (Å²) in [4.78, 5) is 12.5. The van der Waals surface area contributed by atoms with Gasteiger partial charge >= 0.3 is 0 Å². The molecule has 0 heterocycles. The minimum atomic E-state index is -0.463. The molecule has 76 valence electrons. The van der Waals surface area contributed by atoms with Gasteiger partial charge in [0.2, 0.25) is 0 Å². The monoisotopic (exact) mass is 195 g/mol. The Morgan fingerprint density at radius 1 is 1.43 bits per heavy atom. The Kier molecular flexibility index (Phi) is 3.36. The molecule has 1 aromatic rings. The minimum Gasteiger partial charge on any atom is -0.303 e. The van der Waals surface area contributed by atoms with Gasteiger partial charge in [0.25, 0.3) is 0 Å². The van der Waals surface area contributed by atoms with Crippen LogP contribution in [0.5, 0.6) is 0 Å². The van der Waals surface area contributed by atoms with Crippen LogP contribution in [-0.4, -0.2) is 25.3 Å². The van der Waals surface area contributed by atoms with E-state index in [-0.39, 0.29) is 11.6 Å². The third-order valence-electron chi connectivity index (χ3n) is 2.40. The van der Waals surface area contributed by atoms with Crippen LogP contribution in [0.3, 0.4) is 0 Å². The summed E-state index contributed by atoms with van der Waals surface area (Å²) < 4.78 is 13.0. The minimum absolute atomic E-state index is 0.121. The third-order valence-corrected chi connectivity index (χ3v) is 2.40. The molecule has 1 unspecified atom stereocenters. The number of carbonyl (C=O) groups excluding carboxylic acids is 1. The van der Waals surface area contributed by atoms with Crippen molar-refractivity contribution in [2.45, 2.75) is 13.0 Å². The first kappa shape index (κ1) is 10.9. The van der Waals surface area contributed by atoms with Crippen molar-refractivity contribution in [2.75, 3.05) is 14.1 Å². The van der Waals surface area contributed by atoms with Crippen LogP contribution >= 0.6 is 0 Å². The van der Waals surface area contributed by atoms with Gasteiger partial charge in [-0.2, -0.15) is 0 Å². The highest BCUT2D eigenvalue weighted by molar-refractivity contribution is 5.75. The summed E-state index contributed by atoms with van der Waals surface area (Å²) in [6.45, 7) is 2.00. The van der Waals surface area contributed by atoms with Crippen LogP contribution in [0.25, 0.3) is 0 Å². The molecule has 0 aromatic heterocycles. The van der Waals surface area contributed by atoms with Crippen LogP contribution in [0.1, 0.15) is 28.9 Å². The van der Waals surface area contributed by atoms with Crippen molar-refractivity contribution in [2.24, 2.45) is 0 Å². The molecule has 2 nitrogen and oxygen atoms in total. The Balaban J connectivity index is 3.06. The van der Waals surface area contributed by atoms with Gasteiger partial charge in [0, 0.05) is 6.04 Å². The summed E-state index contributed by atoms with van der Waals surface area (Å²) in [6, 6.07) is 4.80. The van der Waals surface area contributed by atoms with Crippen LogP contribution in [0, 0.1) is 5.82 Å². The fourth-order valence-electron chi connectivity index (χ4n) is 1.21. The molecule has 1 aromatic carbocycles. The lowest BCUT2D eigenvalue weighted by molar-refractivity contribution is 0.111. The summed E-state index contributed by atoms with van der Waals surface area (Å²) in [5.74, 6) is -0.463. The second kappa shape index (κ2) is 4.33. The largest absolute Gasteiger partial charge is 0.303 e. The van der Waals surface area contributed by atoms with Gasteiger partial charge in [0.05, 0.1) is 5.56 Å². The van der Waals surface area contributed by atoms with Gasteiger partial charge in [-0.3, -0.25) is 4.79 Å². The van der Waals surface area contributed by atoms with Crippen molar-refractivity contribution in [3.05, 3.63) is 35.1 Å². The average Bonchev–Trinajstić information content (AvgIpc) is 2.17. The van der Waals surface area contributed by atoms with Crippen LogP contribution in [0.15, 0.2) is 18.2 Å². The van der Waals surface area contributed by atoms with E-state index in [4.69, 9.17) is 0 Å². The summed E-state index contributed by atoms with van der Waals surface area (Å²) in [5, 5.41) is 0. The van der Waals surface area contributed by atoms with Gasteiger partial charge < -0.3 is 4.90 Å². The molecule has 3 heteroatoms. The summed E-state index contributed by atoms with van der Waals surface area (Å²) in [7, 11) is 3.88. The highest BCUT2D eigenvalue weighted by Crippen LogP contribution is 2.19. The third kappa shape index (κ3) is 2.17. The van der Waals surface area contributed by atoms with Crippen molar-refractivity contribution in [1.29, 1.82) is 0 Å². The number of carbonyl (C=O) groups is 1. The van der Waals surface area contributed by atoms with Gasteiger partial charge in [-0.25, -0.2) is 4.39 Å². The second-order valence-electron chi connectivity index (χ2n) is 3.54. The maximum atomic E-state index is 13.0. The quantitative estimate of drug-likeness (QED) is 0.689.